The predicted octanol–water partition coefficient (Wildman–Crippen LogP) is 2.64. The van der Waals surface area contributed by atoms with Crippen molar-refractivity contribution in [2.24, 2.45) is 0 Å². The zero-order valence-corrected chi connectivity index (χ0v) is 12.0. The first-order valence-electron chi connectivity index (χ1n) is 4.84. The Morgan fingerprint density at radius 3 is 2.35 bits per heavy atom. The summed E-state index contributed by atoms with van der Waals surface area (Å²) in [5, 5.41) is 0.298. The highest BCUT2D eigenvalue weighted by atomic mass is 35.5. The second-order valence-corrected chi connectivity index (χ2v) is 6.16. The van der Waals surface area contributed by atoms with E-state index in [0.29, 0.717) is 12.3 Å². The van der Waals surface area contributed by atoms with Gasteiger partial charge in [0.1, 0.15) is 10.6 Å². The summed E-state index contributed by atoms with van der Waals surface area (Å²) in [7, 11) is -0.695. The third-order valence-corrected chi connectivity index (χ3v) is 5.03. The van der Waals surface area contributed by atoms with Crippen LogP contribution in [-0.4, -0.2) is 33.4 Å². The Labute approximate surface area is 111 Å². The van der Waals surface area contributed by atoms with Crippen molar-refractivity contribution in [1.29, 1.82) is 0 Å². The van der Waals surface area contributed by atoms with Crippen LogP contribution in [0.15, 0.2) is 17.0 Å². The smallest absolute Gasteiger partial charge is 0.244 e. The highest BCUT2D eigenvalue weighted by Gasteiger charge is 2.24. The largest absolute Gasteiger partial charge is 0.495 e. The number of hydrogen-bond acceptors (Lipinski definition) is 3. The number of sulfonamides is 1. The highest BCUT2D eigenvalue weighted by Crippen LogP contribution is 2.34. The second kappa shape index (κ2) is 5.44. The lowest BCUT2D eigenvalue weighted by molar-refractivity contribution is 0.414. The third-order valence-electron chi connectivity index (χ3n) is 2.34. The van der Waals surface area contributed by atoms with Crippen molar-refractivity contribution in [3.8, 4) is 5.75 Å². The molecule has 0 aliphatic heterocycles. The van der Waals surface area contributed by atoms with Crippen LogP contribution >= 0.6 is 23.2 Å². The lowest BCUT2D eigenvalue weighted by Crippen LogP contribution is -2.26. The number of methoxy groups -OCH3 is 1. The molecule has 0 unspecified atom stereocenters. The summed E-state index contributed by atoms with van der Waals surface area (Å²) in [5.41, 5.74) is 0. The van der Waals surface area contributed by atoms with Gasteiger partial charge in [-0.2, -0.15) is 0 Å². The lowest BCUT2D eigenvalue weighted by Gasteiger charge is -2.16. The van der Waals surface area contributed by atoms with Gasteiger partial charge in [0.15, 0.2) is 0 Å². The van der Waals surface area contributed by atoms with Gasteiger partial charge in [-0.3, -0.25) is 0 Å². The van der Waals surface area contributed by atoms with Gasteiger partial charge in [0, 0.05) is 19.7 Å². The fourth-order valence-electron chi connectivity index (χ4n) is 1.20. The van der Waals surface area contributed by atoms with Crippen LogP contribution in [0.5, 0.6) is 5.75 Å². The molecule has 0 radical (unpaired) electrons. The molecule has 0 bridgehead atoms. The fourth-order valence-corrected chi connectivity index (χ4v) is 3.20. The van der Waals surface area contributed by atoms with Gasteiger partial charge in [-0.15, -0.1) is 0 Å². The first kappa shape index (κ1) is 14.6. The molecule has 96 valence electrons. The molecule has 0 aromatic heterocycles. The Hall–Kier alpha value is -0.490. The van der Waals surface area contributed by atoms with Gasteiger partial charge < -0.3 is 4.74 Å². The van der Waals surface area contributed by atoms with E-state index in [4.69, 9.17) is 27.9 Å². The Balaban J connectivity index is 3.39. The van der Waals surface area contributed by atoms with Gasteiger partial charge in [0.05, 0.1) is 17.2 Å². The third kappa shape index (κ3) is 2.85. The summed E-state index contributed by atoms with van der Waals surface area (Å²) in [6.45, 7) is 2.08. The molecule has 0 N–H and O–H groups in total. The molecule has 0 fully saturated rings. The van der Waals surface area contributed by atoms with Gasteiger partial charge in [-0.1, -0.05) is 30.1 Å². The number of benzene rings is 1. The standard InChI is InChI=1S/C10H13Cl2NO3S/c1-4-13(2)17(14,15)10-6-7(11)9(16-3)5-8(10)12/h5-6H,4H2,1-3H3. The number of ether oxygens (including phenoxy) is 1. The van der Waals surface area contributed by atoms with E-state index in [9.17, 15) is 8.42 Å². The molecule has 1 rings (SSSR count). The van der Waals surface area contributed by atoms with Crippen LogP contribution in [0, 0.1) is 0 Å². The molecule has 17 heavy (non-hydrogen) atoms. The van der Waals surface area contributed by atoms with Crippen molar-refractivity contribution in [3.05, 3.63) is 22.2 Å². The van der Waals surface area contributed by atoms with Crippen molar-refractivity contribution in [3.63, 3.8) is 0 Å². The molecular formula is C10H13Cl2NO3S. The minimum atomic E-state index is -3.61. The molecule has 0 atom stereocenters. The maximum atomic E-state index is 12.1. The van der Waals surface area contributed by atoms with Crippen LogP contribution in [0.25, 0.3) is 0 Å². The summed E-state index contributed by atoms with van der Waals surface area (Å²) in [5.74, 6) is 0.342. The van der Waals surface area contributed by atoms with Crippen molar-refractivity contribution in [2.75, 3.05) is 20.7 Å². The molecule has 0 amide bonds. The first-order chi connectivity index (χ1) is 7.84. The van der Waals surface area contributed by atoms with E-state index in [2.05, 4.69) is 0 Å². The topological polar surface area (TPSA) is 46.6 Å². The van der Waals surface area contributed by atoms with Crippen LogP contribution < -0.4 is 4.74 Å². The number of halogens is 2. The first-order valence-corrected chi connectivity index (χ1v) is 7.03. The minimum Gasteiger partial charge on any atom is -0.495 e. The van der Waals surface area contributed by atoms with E-state index in [1.807, 2.05) is 0 Å². The summed E-state index contributed by atoms with van der Waals surface area (Å²) in [4.78, 5) is -0.0192. The average Bonchev–Trinajstić information content (AvgIpc) is 2.30. The molecule has 7 heteroatoms. The number of nitrogens with zero attached hydrogens (tertiary/aromatic N) is 1. The van der Waals surface area contributed by atoms with Crippen LogP contribution in [0.3, 0.4) is 0 Å². The fraction of sp³-hybridized carbons (Fsp3) is 0.400. The van der Waals surface area contributed by atoms with E-state index >= 15 is 0 Å². The monoisotopic (exact) mass is 297 g/mol. The summed E-state index contributed by atoms with van der Waals surface area (Å²) < 4.78 is 30.3. The Bertz CT molecular complexity index is 517. The molecule has 0 saturated heterocycles. The molecule has 4 nitrogen and oxygen atoms in total. The Morgan fingerprint density at radius 1 is 1.29 bits per heavy atom. The van der Waals surface area contributed by atoms with E-state index < -0.39 is 10.0 Å². The van der Waals surface area contributed by atoms with Gasteiger partial charge in [0.2, 0.25) is 10.0 Å². The van der Waals surface area contributed by atoms with Crippen LogP contribution in [-0.2, 0) is 10.0 Å². The number of hydrogen-bond donors (Lipinski definition) is 0. The van der Waals surface area contributed by atoms with E-state index in [0.717, 1.165) is 0 Å². The molecule has 0 aliphatic rings. The normalized spacial score (nSPS) is 11.9. The maximum absolute atomic E-state index is 12.1. The molecule has 0 aliphatic carbocycles. The molecular weight excluding hydrogens is 285 g/mol. The molecule has 0 spiro atoms. The predicted molar refractivity (Wildman–Crippen MR) is 68.5 cm³/mol. The molecule has 1 aromatic rings. The van der Waals surface area contributed by atoms with Crippen LogP contribution in [0.1, 0.15) is 6.92 Å². The van der Waals surface area contributed by atoms with Crippen LogP contribution in [0.2, 0.25) is 10.0 Å². The zero-order chi connectivity index (χ0) is 13.2. The quantitative estimate of drug-likeness (QED) is 0.858. The summed E-state index contributed by atoms with van der Waals surface area (Å²) in [6, 6.07) is 2.69. The summed E-state index contributed by atoms with van der Waals surface area (Å²) >= 11 is 11.8. The van der Waals surface area contributed by atoms with Crippen molar-refractivity contribution >= 4 is 33.2 Å². The van der Waals surface area contributed by atoms with Gasteiger partial charge >= 0.3 is 0 Å². The zero-order valence-electron chi connectivity index (χ0n) is 9.70. The van der Waals surface area contributed by atoms with Crippen molar-refractivity contribution in [2.45, 2.75) is 11.8 Å². The minimum absolute atomic E-state index is 0.0192. The van der Waals surface area contributed by atoms with Gasteiger partial charge in [0.25, 0.3) is 0 Å². The summed E-state index contributed by atoms with van der Waals surface area (Å²) in [6.07, 6.45) is 0. The molecule has 0 saturated carbocycles. The van der Waals surface area contributed by atoms with Crippen LogP contribution in [0.4, 0.5) is 0 Å². The second-order valence-electron chi connectivity index (χ2n) is 3.34. The average molecular weight is 298 g/mol. The Kier molecular flexibility index (Phi) is 4.66. The molecule has 1 aromatic carbocycles. The lowest BCUT2D eigenvalue weighted by atomic mass is 10.3. The molecule has 0 heterocycles. The highest BCUT2D eigenvalue weighted by molar-refractivity contribution is 7.89. The van der Waals surface area contributed by atoms with Gasteiger partial charge in [-0.05, 0) is 6.07 Å². The van der Waals surface area contributed by atoms with E-state index in [-0.39, 0.29) is 14.9 Å². The maximum Gasteiger partial charge on any atom is 0.244 e. The Morgan fingerprint density at radius 2 is 1.88 bits per heavy atom. The van der Waals surface area contributed by atoms with Crippen molar-refractivity contribution in [1.82, 2.24) is 4.31 Å². The van der Waals surface area contributed by atoms with Gasteiger partial charge in [-0.25, -0.2) is 12.7 Å². The SMILES string of the molecule is CCN(C)S(=O)(=O)c1cc(Cl)c(OC)cc1Cl. The number of rotatable bonds is 4. The van der Waals surface area contributed by atoms with Crippen molar-refractivity contribution < 1.29 is 13.2 Å². The van der Waals surface area contributed by atoms with E-state index in [1.165, 1.54) is 30.6 Å². The van der Waals surface area contributed by atoms with E-state index in [1.54, 1.807) is 6.92 Å².